The van der Waals surface area contributed by atoms with Crippen LogP contribution in [0.5, 0.6) is 0 Å². The van der Waals surface area contributed by atoms with E-state index in [2.05, 4.69) is 4.72 Å². The van der Waals surface area contributed by atoms with E-state index in [-0.39, 0.29) is 5.75 Å². The van der Waals surface area contributed by atoms with Crippen LogP contribution in [0.2, 0.25) is 0 Å². The molecule has 3 nitrogen and oxygen atoms in total. The highest BCUT2D eigenvalue weighted by atomic mass is 35.5. The molecule has 0 radical (unpaired) electrons. The second-order valence-electron chi connectivity index (χ2n) is 2.92. The van der Waals surface area contributed by atoms with Crippen LogP contribution in [0.1, 0.15) is 11.1 Å². The summed E-state index contributed by atoms with van der Waals surface area (Å²) in [4.78, 5) is 0. The summed E-state index contributed by atoms with van der Waals surface area (Å²) in [6.45, 7) is 0. The molecule has 0 unspecified atom stereocenters. The third kappa shape index (κ3) is 3.29. The molecule has 0 aliphatic carbocycles. The van der Waals surface area contributed by atoms with Crippen LogP contribution >= 0.6 is 11.6 Å². The smallest absolute Gasteiger partial charge is 0.215 e. The van der Waals surface area contributed by atoms with E-state index in [0.717, 1.165) is 11.1 Å². The Kier molecular flexibility index (Phi) is 3.92. The summed E-state index contributed by atoms with van der Waals surface area (Å²) in [5, 5.41) is 0. The topological polar surface area (TPSA) is 46.2 Å². The standard InChI is InChI=1S/C9H12ClNO2S/c1-11-14(12,13)7-9-4-2-3-8(5-9)6-10/h2-5,11H,6-7H2,1H3. The van der Waals surface area contributed by atoms with Gasteiger partial charge in [-0.15, -0.1) is 11.6 Å². The van der Waals surface area contributed by atoms with Gasteiger partial charge < -0.3 is 0 Å². The van der Waals surface area contributed by atoms with E-state index in [1.807, 2.05) is 6.07 Å². The second-order valence-corrected chi connectivity index (χ2v) is 5.11. The average Bonchev–Trinajstić information content (AvgIpc) is 2.17. The Morgan fingerprint density at radius 2 is 2.00 bits per heavy atom. The number of hydrogen-bond donors (Lipinski definition) is 1. The molecule has 0 saturated carbocycles. The van der Waals surface area contributed by atoms with Crippen LogP contribution in [-0.2, 0) is 21.7 Å². The molecule has 0 saturated heterocycles. The molecule has 1 rings (SSSR count). The van der Waals surface area contributed by atoms with Crippen molar-refractivity contribution >= 4 is 21.6 Å². The average molecular weight is 234 g/mol. The monoisotopic (exact) mass is 233 g/mol. The summed E-state index contributed by atoms with van der Waals surface area (Å²) in [6.07, 6.45) is 0. The van der Waals surface area contributed by atoms with Crippen LogP contribution in [0, 0.1) is 0 Å². The molecule has 0 amide bonds. The number of sulfonamides is 1. The van der Waals surface area contributed by atoms with E-state index >= 15 is 0 Å². The lowest BCUT2D eigenvalue weighted by molar-refractivity contribution is 0.587. The Labute approximate surface area is 89.1 Å². The van der Waals surface area contributed by atoms with Gasteiger partial charge in [0.2, 0.25) is 10.0 Å². The SMILES string of the molecule is CNS(=O)(=O)Cc1cccc(CCl)c1. The first-order chi connectivity index (χ1) is 6.57. The normalized spacial score (nSPS) is 11.6. The molecule has 0 spiro atoms. The summed E-state index contributed by atoms with van der Waals surface area (Å²) in [5.41, 5.74) is 1.67. The maximum absolute atomic E-state index is 11.2. The lowest BCUT2D eigenvalue weighted by Crippen LogP contribution is -2.20. The van der Waals surface area contributed by atoms with Gasteiger partial charge in [-0.2, -0.15) is 0 Å². The fourth-order valence-electron chi connectivity index (χ4n) is 1.09. The van der Waals surface area contributed by atoms with Crippen LogP contribution in [-0.4, -0.2) is 15.5 Å². The number of nitrogens with one attached hydrogen (secondary N) is 1. The maximum atomic E-state index is 11.2. The Morgan fingerprint density at radius 1 is 1.36 bits per heavy atom. The van der Waals surface area contributed by atoms with E-state index < -0.39 is 10.0 Å². The van der Waals surface area contributed by atoms with E-state index in [1.54, 1.807) is 18.2 Å². The van der Waals surface area contributed by atoms with Crippen molar-refractivity contribution in [2.24, 2.45) is 0 Å². The first kappa shape index (κ1) is 11.5. The fourth-order valence-corrected chi connectivity index (χ4v) is 2.02. The number of halogens is 1. The van der Waals surface area contributed by atoms with Crippen molar-refractivity contribution in [2.75, 3.05) is 7.05 Å². The summed E-state index contributed by atoms with van der Waals surface area (Å²) < 4.78 is 24.7. The van der Waals surface area contributed by atoms with Gasteiger partial charge in [0.05, 0.1) is 5.75 Å². The van der Waals surface area contributed by atoms with Crippen molar-refractivity contribution in [3.63, 3.8) is 0 Å². The maximum Gasteiger partial charge on any atom is 0.215 e. The Hall–Kier alpha value is -0.580. The van der Waals surface area contributed by atoms with Crippen molar-refractivity contribution < 1.29 is 8.42 Å². The molecular weight excluding hydrogens is 222 g/mol. The van der Waals surface area contributed by atoms with Crippen LogP contribution in [0.15, 0.2) is 24.3 Å². The molecule has 0 heterocycles. The van der Waals surface area contributed by atoms with Crippen LogP contribution < -0.4 is 4.72 Å². The van der Waals surface area contributed by atoms with Gasteiger partial charge >= 0.3 is 0 Å². The molecule has 0 aliphatic rings. The molecule has 1 N–H and O–H groups in total. The molecule has 1 aromatic carbocycles. The molecule has 5 heteroatoms. The Balaban J connectivity index is 2.87. The van der Waals surface area contributed by atoms with E-state index in [4.69, 9.17) is 11.6 Å². The molecule has 0 bridgehead atoms. The van der Waals surface area contributed by atoms with Gasteiger partial charge in [-0.25, -0.2) is 13.1 Å². The summed E-state index contributed by atoms with van der Waals surface area (Å²) >= 11 is 5.64. The number of hydrogen-bond acceptors (Lipinski definition) is 2. The predicted molar refractivity (Wildman–Crippen MR) is 57.7 cm³/mol. The molecule has 0 atom stereocenters. The van der Waals surface area contributed by atoms with Crippen molar-refractivity contribution in [1.82, 2.24) is 4.72 Å². The van der Waals surface area contributed by atoms with Crippen molar-refractivity contribution in [1.29, 1.82) is 0 Å². The second kappa shape index (κ2) is 4.77. The quantitative estimate of drug-likeness (QED) is 0.801. The summed E-state index contributed by atoms with van der Waals surface area (Å²) in [5.74, 6) is 0.391. The van der Waals surface area contributed by atoms with Crippen LogP contribution in [0.25, 0.3) is 0 Å². The zero-order chi connectivity index (χ0) is 10.6. The van der Waals surface area contributed by atoms with Crippen molar-refractivity contribution in [3.05, 3.63) is 35.4 Å². The first-order valence-electron chi connectivity index (χ1n) is 4.12. The number of benzene rings is 1. The third-order valence-corrected chi connectivity index (χ3v) is 3.46. The summed E-state index contributed by atoms with van der Waals surface area (Å²) in [7, 11) is -1.79. The minimum atomic E-state index is -3.19. The molecule has 0 aliphatic heterocycles. The number of alkyl halides is 1. The molecule has 78 valence electrons. The Bertz CT molecular complexity index is 403. The van der Waals surface area contributed by atoms with E-state index in [0.29, 0.717) is 5.88 Å². The highest BCUT2D eigenvalue weighted by Crippen LogP contribution is 2.10. The van der Waals surface area contributed by atoms with Crippen LogP contribution in [0.4, 0.5) is 0 Å². The largest absolute Gasteiger partial charge is 0.218 e. The predicted octanol–water partition coefficient (Wildman–Crippen LogP) is 1.47. The molecule has 14 heavy (non-hydrogen) atoms. The van der Waals surface area contributed by atoms with Gasteiger partial charge in [-0.1, -0.05) is 24.3 Å². The molecule has 0 aromatic heterocycles. The lowest BCUT2D eigenvalue weighted by atomic mass is 10.2. The van der Waals surface area contributed by atoms with Gasteiger partial charge in [-0.05, 0) is 18.2 Å². The van der Waals surface area contributed by atoms with E-state index in [9.17, 15) is 8.42 Å². The Morgan fingerprint density at radius 3 is 2.57 bits per heavy atom. The van der Waals surface area contributed by atoms with Gasteiger partial charge in [0.25, 0.3) is 0 Å². The van der Waals surface area contributed by atoms with E-state index in [1.165, 1.54) is 7.05 Å². The minimum Gasteiger partial charge on any atom is -0.218 e. The number of rotatable bonds is 4. The minimum absolute atomic E-state index is 0.00573. The van der Waals surface area contributed by atoms with Crippen molar-refractivity contribution in [2.45, 2.75) is 11.6 Å². The molecule has 0 fully saturated rings. The summed E-state index contributed by atoms with van der Waals surface area (Å²) in [6, 6.07) is 7.23. The highest BCUT2D eigenvalue weighted by Gasteiger charge is 2.08. The van der Waals surface area contributed by atoms with Gasteiger partial charge in [0.15, 0.2) is 0 Å². The van der Waals surface area contributed by atoms with Crippen LogP contribution in [0.3, 0.4) is 0 Å². The fraction of sp³-hybridized carbons (Fsp3) is 0.333. The lowest BCUT2D eigenvalue weighted by Gasteiger charge is -2.03. The van der Waals surface area contributed by atoms with Gasteiger partial charge in [-0.3, -0.25) is 0 Å². The zero-order valence-corrected chi connectivity index (χ0v) is 9.40. The zero-order valence-electron chi connectivity index (χ0n) is 7.83. The first-order valence-corrected chi connectivity index (χ1v) is 6.31. The molecular formula is C9H12ClNO2S. The molecule has 1 aromatic rings. The van der Waals surface area contributed by atoms with Gasteiger partial charge in [0.1, 0.15) is 0 Å². The van der Waals surface area contributed by atoms with Crippen molar-refractivity contribution in [3.8, 4) is 0 Å². The third-order valence-electron chi connectivity index (χ3n) is 1.81. The highest BCUT2D eigenvalue weighted by molar-refractivity contribution is 7.88. The van der Waals surface area contributed by atoms with Gasteiger partial charge in [0, 0.05) is 5.88 Å².